The normalized spacial score (nSPS) is 24.5. The van der Waals surface area contributed by atoms with E-state index in [9.17, 15) is 31.1 Å². The van der Waals surface area contributed by atoms with Crippen molar-refractivity contribution in [3.05, 3.63) is 36.3 Å². The van der Waals surface area contributed by atoms with Gasteiger partial charge in [-0.05, 0) is 38.2 Å². The van der Waals surface area contributed by atoms with Gasteiger partial charge in [0, 0.05) is 24.2 Å². The zero-order valence-corrected chi connectivity index (χ0v) is 18.1. The molecule has 2 aliphatic carbocycles. The summed E-state index contributed by atoms with van der Waals surface area (Å²) < 4.78 is 88.1. The van der Waals surface area contributed by atoms with Gasteiger partial charge in [-0.15, -0.1) is 36.5 Å². The summed E-state index contributed by atoms with van der Waals surface area (Å²) in [7, 11) is 0. The molecule has 1 amide bonds. The van der Waals surface area contributed by atoms with Crippen molar-refractivity contribution in [1.29, 1.82) is 0 Å². The Morgan fingerprint density at radius 2 is 1.71 bits per heavy atom. The minimum absolute atomic E-state index is 0.108. The predicted molar refractivity (Wildman–Crippen MR) is 105 cm³/mol. The van der Waals surface area contributed by atoms with Crippen LogP contribution in [0.1, 0.15) is 66.3 Å². The van der Waals surface area contributed by atoms with E-state index in [2.05, 4.69) is 36.7 Å². The SMILES string of the molecule is C=C(CCNC(=O)c1ccn(C2CC(OC(F)(F)F)C2)n1)c1nnc(C2CC(OC(F)(F)F)C2)o1. The highest BCUT2D eigenvalue weighted by molar-refractivity contribution is 5.92. The molecule has 4 rings (SSSR count). The van der Waals surface area contributed by atoms with Gasteiger partial charge in [0.25, 0.3) is 5.91 Å². The summed E-state index contributed by atoms with van der Waals surface area (Å²) in [6.07, 6.45) is -8.91. The molecular formula is C20H21F6N5O4. The van der Waals surface area contributed by atoms with Crippen LogP contribution in [0.25, 0.3) is 5.57 Å². The Labute approximate surface area is 194 Å². The molecule has 0 aliphatic heterocycles. The molecule has 0 atom stereocenters. The molecule has 0 spiro atoms. The average Bonchev–Trinajstić information content (AvgIpc) is 3.35. The average molecular weight is 509 g/mol. The van der Waals surface area contributed by atoms with E-state index in [0.717, 1.165) is 0 Å². The summed E-state index contributed by atoms with van der Waals surface area (Å²) in [6, 6.07) is 1.18. The van der Waals surface area contributed by atoms with Crippen molar-refractivity contribution < 1.29 is 45.0 Å². The van der Waals surface area contributed by atoms with Crippen LogP contribution in [0.15, 0.2) is 23.3 Å². The molecule has 2 aliphatic rings. The number of nitrogens with one attached hydrogen (secondary N) is 1. The Morgan fingerprint density at radius 1 is 1.09 bits per heavy atom. The minimum atomic E-state index is -4.68. The second kappa shape index (κ2) is 9.60. The summed E-state index contributed by atoms with van der Waals surface area (Å²) in [5.74, 6) is -0.469. The maximum atomic E-state index is 12.3. The number of ether oxygens (including phenoxy) is 2. The van der Waals surface area contributed by atoms with E-state index in [0.29, 0.717) is 5.57 Å². The lowest BCUT2D eigenvalue weighted by atomic mass is 9.82. The van der Waals surface area contributed by atoms with Crippen LogP contribution in [0, 0.1) is 0 Å². The molecule has 0 radical (unpaired) electrons. The second-order valence-electron chi connectivity index (χ2n) is 8.40. The molecule has 2 aromatic rings. The first kappa shape index (κ1) is 25.2. The van der Waals surface area contributed by atoms with E-state index in [4.69, 9.17) is 4.42 Å². The van der Waals surface area contributed by atoms with E-state index in [1.807, 2.05) is 0 Å². The molecule has 0 saturated heterocycles. The van der Waals surface area contributed by atoms with E-state index >= 15 is 0 Å². The van der Waals surface area contributed by atoms with Gasteiger partial charge in [-0.3, -0.25) is 19.0 Å². The van der Waals surface area contributed by atoms with Crippen molar-refractivity contribution in [2.75, 3.05) is 6.54 Å². The maximum Gasteiger partial charge on any atom is 0.522 e. The largest absolute Gasteiger partial charge is 0.522 e. The Morgan fingerprint density at radius 3 is 2.34 bits per heavy atom. The predicted octanol–water partition coefficient (Wildman–Crippen LogP) is 4.12. The first-order valence-corrected chi connectivity index (χ1v) is 10.7. The van der Waals surface area contributed by atoms with Crippen molar-refractivity contribution in [3.63, 3.8) is 0 Å². The molecule has 0 aromatic carbocycles. The molecule has 2 heterocycles. The molecule has 9 nitrogen and oxygen atoms in total. The van der Waals surface area contributed by atoms with Crippen LogP contribution in [-0.2, 0) is 9.47 Å². The smallest absolute Gasteiger partial charge is 0.421 e. The van der Waals surface area contributed by atoms with Gasteiger partial charge in [-0.2, -0.15) is 5.10 Å². The first-order chi connectivity index (χ1) is 16.4. The van der Waals surface area contributed by atoms with Crippen LogP contribution < -0.4 is 5.32 Å². The summed E-state index contributed by atoms with van der Waals surface area (Å²) in [5.41, 5.74) is 0.540. The zero-order chi connectivity index (χ0) is 25.4. The number of hydrogen-bond donors (Lipinski definition) is 1. The van der Waals surface area contributed by atoms with Crippen molar-refractivity contribution in [3.8, 4) is 0 Å². The Bertz CT molecular complexity index is 971. The third-order valence-electron chi connectivity index (χ3n) is 5.79. The molecule has 2 aromatic heterocycles. The Kier molecular flexibility index (Phi) is 6.90. The fourth-order valence-electron chi connectivity index (χ4n) is 3.82. The van der Waals surface area contributed by atoms with Crippen LogP contribution >= 0.6 is 0 Å². The van der Waals surface area contributed by atoms with Crippen molar-refractivity contribution in [2.45, 2.75) is 69.0 Å². The van der Waals surface area contributed by atoms with E-state index in [1.54, 1.807) is 0 Å². The van der Waals surface area contributed by atoms with Crippen molar-refractivity contribution in [1.82, 2.24) is 25.3 Å². The van der Waals surface area contributed by atoms with Gasteiger partial charge in [-0.1, -0.05) is 6.58 Å². The molecule has 1 N–H and O–H groups in total. The van der Waals surface area contributed by atoms with Gasteiger partial charge < -0.3 is 9.73 Å². The standard InChI is InChI=1S/C20H21F6N5O4/c1-10(17-28-29-18(33-17)11-6-13(7-11)34-19(21,22)23)2-4-27-16(32)15-3-5-31(30-15)12-8-14(9-12)35-20(24,25)26/h3,5,11-14H,1-2,4,6-9H2,(H,27,32). The summed E-state index contributed by atoms with van der Waals surface area (Å²) in [4.78, 5) is 12.3. The monoisotopic (exact) mass is 509 g/mol. The van der Waals surface area contributed by atoms with Crippen LogP contribution in [-0.4, -0.2) is 57.4 Å². The van der Waals surface area contributed by atoms with Gasteiger partial charge in [0.2, 0.25) is 11.8 Å². The fourth-order valence-corrected chi connectivity index (χ4v) is 3.82. The topological polar surface area (TPSA) is 104 Å². The number of halogens is 6. The molecule has 2 fully saturated rings. The lowest BCUT2D eigenvalue weighted by Gasteiger charge is -2.35. The van der Waals surface area contributed by atoms with Gasteiger partial charge in [0.1, 0.15) is 5.69 Å². The molecule has 192 valence electrons. The van der Waals surface area contributed by atoms with Gasteiger partial charge >= 0.3 is 12.7 Å². The number of amides is 1. The molecule has 0 bridgehead atoms. The highest BCUT2D eigenvalue weighted by Gasteiger charge is 2.43. The zero-order valence-electron chi connectivity index (χ0n) is 18.1. The number of rotatable bonds is 9. The third-order valence-corrected chi connectivity index (χ3v) is 5.79. The fraction of sp³-hybridized carbons (Fsp3) is 0.600. The van der Waals surface area contributed by atoms with Gasteiger partial charge in [0.05, 0.1) is 18.2 Å². The van der Waals surface area contributed by atoms with Gasteiger partial charge in [-0.25, -0.2) is 0 Å². The van der Waals surface area contributed by atoms with Crippen molar-refractivity contribution >= 4 is 11.5 Å². The summed E-state index contributed by atoms with van der Waals surface area (Å²) in [6.45, 7) is 3.98. The third kappa shape index (κ3) is 6.60. The molecule has 2 saturated carbocycles. The number of carbonyl (C=O) groups excluding carboxylic acids is 1. The number of aromatic nitrogens is 4. The van der Waals surface area contributed by atoms with E-state index in [-0.39, 0.29) is 68.1 Å². The summed E-state index contributed by atoms with van der Waals surface area (Å²) >= 11 is 0. The highest BCUT2D eigenvalue weighted by atomic mass is 19.4. The van der Waals surface area contributed by atoms with Crippen LogP contribution in [0.2, 0.25) is 0 Å². The van der Waals surface area contributed by atoms with Crippen molar-refractivity contribution in [2.24, 2.45) is 0 Å². The van der Waals surface area contributed by atoms with Crippen LogP contribution in [0.3, 0.4) is 0 Å². The molecular weight excluding hydrogens is 488 g/mol. The van der Waals surface area contributed by atoms with Gasteiger partial charge in [0.15, 0.2) is 0 Å². The molecule has 0 unspecified atom stereocenters. The number of nitrogens with zero attached hydrogens (tertiary/aromatic N) is 4. The van der Waals surface area contributed by atoms with Crippen LogP contribution in [0.4, 0.5) is 26.3 Å². The number of carbonyl (C=O) groups is 1. The van der Waals surface area contributed by atoms with E-state index < -0.39 is 30.8 Å². The number of hydrogen-bond acceptors (Lipinski definition) is 7. The lowest BCUT2D eigenvalue weighted by molar-refractivity contribution is -0.354. The maximum absolute atomic E-state index is 12.3. The second-order valence-corrected chi connectivity index (χ2v) is 8.40. The lowest BCUT2D eigenvalue weighted by Crippen LogP contribution is -2.37. The van der Waals surface area contributed by atoms with Crippen LogP contribution in [0.5, 0.6) is 0 Å². The summed E-state index contributed by atoms with van der Waals surface area (Å²) in [5, 5.41) is 14.5. The minimum Gasteiger partial charge on any atom is -0.421 e. The molecule has 35 heavy (non-hydrogen) atoms. The quantitative estimate of drug-likeness (QED) is 0.507. The van der Waals surface area contributed by atoms with E-state index in [1.165, 1.54) is 16.9 Å². The Balaban J connectivity index is 1.17. The Hall–Kier alpha value is -2.94. The highest BCUT2D eigenvalue weighted by Crippen LogP contribution is 2.41. The first-order valence-electron chi connectivity index (χ1n) is 10.7. The molecule has 15 heteroatoms. The number of alkyl halides is 6.